The number of rotatable bonds is 9. The highest BCUT2D eigenvalue weighted by Gasteiger charge is 2.14. The summed E-state index contributed by atoms with van der Waals surface area (Å²) >= 11 is 0. The Bertz CT molecular complexity index is 899. The minimum Gasteiger partial charge on any atom is -0.483 e. The van der Waals surface area contributed by atoms with Gasteiger partial charge in [-0.2, -0.15) is 0 Å². The molecular formula is C25H25NO3. The zero-order chi connectivity index (χ0) is 20.5. The molecule has 1 amide bonds. The van der Waals surface area contributed by atoms with Crippen LogP contribution in [0.4, 0.5) is 0 Å². The first kappa shape index (κ1) is 20.3. The SMILES string of the molecule is CC(=O)c1ccccc1OCC(=O)NCCC(c1ccccc1)c1ccccc1. The monoisotopic (exact) mass is 387 g/mol. The van der Waals surface area contributed by atoms with Crippen LogP contribution in [0.3, 0.4) is 0 Å². The molecule has 29 heavy (non-hydrogen) atoms. The lowest BCUT2D eigenvalue weighted by molar-refractivity contribution is -0.123. The van der Waals surface area contributed by atoms with Crippen molar-refractivity contribution < 1.29 is 14.3 Å². The summed E-state index contributed by atoms with van der Waals surface area (Å²) in [4.78, 5) is 23.9. The van der Waals surface area contributed by atoms with Crippen molar-refractivity contribution in [2.45, 2.75) is 19.3 Å². The van der Waals surface area contributed by atoms with Gasteiger partial charge in [-0.05, 0) is 36.6 Å². The number of nitrogens with one attached hydrogen (secondary N) is 1. The lowest BCUT2D eigenvalue weighted by Gasteiger charge is -2.18. The quantitative estimate of drug-likeness (QED) is 0.546. The standard InChI is InChI=1S/C25H25NO3/c1-19(27)22-14-8-9-15-24(22)29-18-25(28)26-17-16-23(20-10-4-2-5-11-20)21-12-6-3-7-13-21/h2-15,23H,16-18H2,1H3,(H,26,28). The number of ketones is 1. The van der Waals surface area contributed by atoms with Crippen molar-refractivity contribution in [2.75, 3.05) is 13.2 Å². The molecule has 0 radical (unpaired) electrons. The van der Waals surface area contributed by atoms with Crippen LogP contribution in [0.5, 0.6) is 5.75 Å². The second-order valence-corrected chi connectivity index (χ2v) is 6.85. The lowest BCUT2D eigenvalue weighted by atomic mass is 9.88. The number of amides is 1. The van der Waals surface area contributed by atoms with E-state index in [1.807, 2.05) is 36.4 Å². The predicted molar refractivity (Wildman–Crippen MR) is 114 cm³/mol. The molecule has 0 aliphatic heterocycles. The molecule has 3 aromatic carbocycles. The highest BCUT2D eigenvalue weighted by atomic mass is 16.5. The molecule has 148 valence electrons. The molecule has 0 unspecified atom stereocenters. The van der Waals surface area contributed by atoms with Gasteiger partial charge in [-0.1, -0.05) is 72.8 Å². The summed E-state index contributed by atoms with van der Waals surface area (Å²) in [5.41, 5.74) is 2.92. The predicted octanol–water partition coefficient (Wildman–Crippen LogP) is 4.61. The van der Waals surface area contributed by atoms with Gasteiger partial charge in [0.05, 0.1) is 5.56 Å². The van der Waals surface area contributed by atoms with Gasteiger partial charge < -0.3 is 10.1 Å². The van der Waals surface area contributed by atoms with Crippen LogP contribution in [0.2, 0.25) is 0 Å². The Morgan fingerprint density at radius 2 is 1.38 bits per heavy atom. The molecule has 0 saturated heterocycles. The molecular weight excluding hydrogens is 362 g/mol. The van der Waals surface area contributed by atoms with Crippen molar-refractivity contribution in [1.82, 2.24) is 5.32 Å². The highest BCUT2D eigenvalue weighted by Crippen LogP contribution is 2.27. The minimum absolute atomic E-state index is 0.0884. The normalized spacial score (nSPS) is 10.6. The highest BCUT2D eigenvalue weighted by molar-refractivity contribution is 5.96. The first-order valence-corrected chi connectivity index (χ1v) is 9.74. The van der Waals surface area contributed by atoms with Gasteiger partial charge in [0.2, 0.25) is 0 Å². The van der Waals surface area contributed by atoms with E-state index >= 15 is 0 Å². The van der Waals surface area contributed by atoms with Crippen molar-refractivity contribution in [3.05, 3.63) is 102 Å². The lowest BCUT2D eigenvalue weighted by Crippen LogP contribution is -2.30. The van der Waals surface area contributed by atoms with E-state index in [0.29, 0.717) is 17.9 Å². The Hall–Kier alpha value is -3.40. The molecule has 0 saturated carbocycles. The maximum Gasteiger partial charge on any atom is 0.257 e. The summed E-state index contributed by atoms with van der Waals surface area (Å²) in [6, 6.07) is 27.5. The van der Waals surface area contributed by atoms with Gasteiger partial charge in [0, 0.05) is 12.5 Å². The van der Waals surface area contributed by atoms with E-state index in [1.54, 1.807) is 24.3 Å². The maximum absolute atomic E-state index is 12.2. The van der Waals surface area contributed by atoms with Gasteiger partial charge in [0.1, 0.15) is 5.75 Å². The molecule has 0 aliphatic rings. The molecule has 0 fully saturated rings. The number of hydrogen-bond donors (Lipinski definition) is 1. The van der Waals surface area contributed by atoms with Crippen LogP contribution in [0, 0.1) is 0 Å². The number of benzene rings is 3. The van der Waals surface area contributed by atoms with E-state index in [0.717, 1.165) is 6.42 Å². The van der Waals surface area contributed by atoms with E-state index in [1.165, 1.54) is 18.1 Å². The molecule has 0 spiro atoms. The number of hydrogen-bond acceptors (Lipinski definition) is 3. The van der Waals surface area contributed by atoms with Crippen LogP contribution in [0.1, 0.15) is 40.7 Å². The van der Waals surface area contributed by atoms with E-state index in [9.17, 15) is 9.59 Å². The van der Waals surface area contributed by atoms with Crippen LogP contribution in [-0.4, -0.2) is 24.8 Å². The Morgan fingerprint density at radius 3 is 1.97 bits per heavy atom. The molecule has 0 aliphatic carbocycles. The first-order chi connectivity index (χ1) is 14.1. The summed E-state index contributed by atoms with van der Waals surface area (Å²) in [5.74, 6) is 0.344. The Morgan fingerprint density at radius 1 is 0.828 bits per heavy atom. The Labute approximate surface area is 171 Å². The Kier molecular flexibility index (Phi) is 7.17. The zero-order valence-corrected chi connectivity index (χ0v) is 16.5. The summed E-state index contributed by atoms with van der Waals surface area (Å²) in [6.07, 6.45) is 0.782. The molecule has 0 bridgehead atoms. The molecule has 4 nitrogen and oxygen atoms in total. The summed E-state index contributed by atoms with van der Waals surface area (Å²) in [6.45, 7) is 1.90. The van der Waals surface area contributed by atoms with Gasteiger partial charge in [0.15, 0.2) is 12.4 Å². The number of ether oxygens (including phenoxy) is 1. The van der Waals surface area contributed by atoms with E-state index < -0.39 is 0 Å². The number of carbonyl (C=O) groups excluding carboxylic acids is 2. The van der Waals surface area contributed by atoms with Gasteiger partial charge in [-0.25, -0.2) is 0 Å². The molecule has 4 heteroatoms. The molecule has 0 atom stereocenters. The summed E-state index contributed by atoms with van der Waals surface area (Å²) < 4.78 is 5.55. The number of Topliss-reactive ketones (excluding diaryl/α,β-unsaturated/α-hetero) is 1. The van der Waals surface area contributed by atoms with Crippen LogP contribution in [0.15, 0.2) is 84.9 Å². The van der Waals surface area contributed by atoms with Gasteiger partial charge in [0.25, 0.3) is 5.91 Å². The molecule has 3 aromatic rings. The van der Waals surface area contributed by atoms with Crippen molar-refractivity contribution in [1.29, 1.82) is 0 Å². The first-order valence-electron chi connectivity index (χ1n) is 9.74. The third kappa shape index (κ3) is 5.79. The second kappa shape index (κ2) is 10.2. The van der Waals surface area contributed by atoms with Crippen molar-refractivity contribution >= 4 is 11.7 Å². The molecule has 0 aromatic heterocycles. The summed E-state index contributed by atoms with van der Waals surface area (Å²) in [7, 11) is 0. The molecule has 0 heterocycles. The summed E-state index contributed by atoms with van der Waals surface area (Å²) in [5, 5.41) is 2.92. The topological polar surface area (TPSA) is 55.4 Å². The molecule has 3 rings (SSSR count). The number of carbonyl (C=O) groups is 2. The minimum atomic E-state index is -0.205. The van der Waals surface area contributed by atoms with Crippen LogP contribution in [-0.2, 0) is 4.79 Å². The fraction of sp³-hybridized carbons (Fsp3) is 0.200. The average molecular weight is 387 g/mol. The zero-order valence-electron chi connectivity index (χ0n) is 16.5. The van der Waals surface area contributed by atoms with E-state index in [4.69, 9.17) is 4.74 Å². The van der Waals surface area contributed by atoms with Gasteiger partial charge >= 0.3 is 0 Å². The van der Waals surface area contributed by atoms with Gasteiger partial charge in [-0.3, -0.25) is 9.59 Å². The third-order valence-electron chi connectivity index (χ3n) is 4.78. The van der Waals surface area contributed by atoms with Crippen LogP contribution < -0.4 is 10.1 Å². The van der Waals surface area contributed by atoms with Crippen molar-refractivity contribution in [3.8, 4) is 5.75 Å². The van der Waals surface area contributed by atoms with Crippen molar-refractivity contribution in [3.63, 3.8) is 0 Å². The fourth-order valence-corrected chi connectivity index (χ4v) is 3.33. The second-order valence-electron chi connectivity index (χ2n) is 6.85. The van der Waals surface area contributed by atoms with Crippen molar-refractivity contribution in [2.24, 2.45) is 0 Å². The Balaban J connectivity index is 1.56. The smallest absolute Gasteiger partial charge is 0.257 e. The third-order valence-corrected chi connectivity index (χ3v) is 4.78. The van der Waals surface area contributed by atoms with Gasteiger partial charge in [-0.15, -0.1) is 0 Å². The fourth-order valence-electron chi connectivity index (χ4n) is 3.33. The average Bonchev–Trinajstić information content (AvgIpc) is 2.76. The van der Waals surface area contributed by atoms with Crippen LogP contribution in [0.25, 0.3) is 0 Å². The molecule has 1 N–H and O–H groups in total. The number of para-hydroxylation sites is 1. The van der Waals surface area contributed by atoms with Crippen LogP contribution >= 0.6 is 0 Å². The largest absolute Gasteiger partial charge is 0.483 e. The van der Waals surface area contributed by atoms with E-state index in [2.05, 4.69) is 29.6 Å². The maximum atomic E-state index is 12.2. The van der Waals surface area contributed by atoms with E-state index in [-0.39, 0.29) is 24.2 Å².